The van der Waals surface area contributed by atoms with Gasteiger partial charge in [0.25, 0.3) is 0 Å². The first-order chi connectivity index (χ1) is 15.1. The molecule has 164 valence electrons. The van der Waals surface area contributed by atoms with Crippen molar-refractivity contribution < 1.29 is 27.6 Å². The van der Waals surface area contributed by atoms with Crippen LogP contribution in [0.25, 0.3) is 6.08 Å². The van der Waals surface area contributed by atoms with Gasteiger partial charge in [-0.05, 0) is 35.4 Å². The summed E-state index contributed by atoms with van der Waals surface area (Å²) in [5, 5.41) is -0.548. The summed E-state index contributed by atoms with van der Waals surface area (Å²) in [6.45, 7) is 0. The first-order valence-electron chi connectivity index (χ1n) is 9.69. The number of amides is 3. The third-order valence-electron chi connectivity index (χ3n) is 6.27. The molecular formula is C22H15ClF3N3O3. The van der Waals surface area contributed by atoms with Crippen LogP contribution in [0.4, 0.5) is 18.9 Å². The predicted molar refractivity (Wildman–Crippen MR) is 109 cm³/mol. The van der Waals surface area contributed by atoms with Crippen LogP contribution in [-0.2, 0) is 20.6 Å². The normalized spacial score (nSPS) is 26.2. The van der Waals surface area contributed by atoms with E-state index < -0.39 is 58.4 Å². The van der Waals surface area contributed by atoms with E-state index in [9.17, 15) is 27.6 Å². The number of fused-ring (bicyclic) bond motifs is 5. The number of alkyl halides is 3. The standard InChI is InChI=1S/C22H15ClF3N3O3/c23-14-6-5-11(9-13(14)22(24,25)26)29-20(31)15-16(21(29)32)18(19(27)30)28-8-7-10-3-1-2-4-12(10)17(15)28/h1-9,15-18H,(H2,27,30). The number of carbonyl (C=O) groups is 3. The summed E-state index contributed by atoms with van der Waals surface area (Å²) in [5.41, 5.74) is 5.76. The fourth-order valence-electron chi connectivity index (χ4n) is 5.01. The molecular weight excluding hydrogens is 447 g/mol. The molecule has 0 radical (unpaired) electrons. The van der Waals surface area contributed by atoms with E-state index in [-0.39, 0.29) is 5.69 Å². The number of carbonyl (C=O) groups excluding carboxylic acids is 3. The molecule has 3 aliphatic rings. The number of rotatable bonds is 2. The molecule has 3 heterocycles. The van der Waals surface area contributed by atoms with Gasteiger partial charge >= 0.3 is 6.18 Å². The van der Waals surface area contributed by atoms with Crippen LogP contribution in [0.2, 0.25) is 5.02 Å². The lowest BCUT2D eigenvalue weighted by Gasteiger charge is -2.34. The zero-order valence-corrected chi connectivity index (χ0v) is 17.0. The second kappa shape index (κ2) is 6.83. The van der Waals surface area contributed by atoms with Gasteiger partial charge in [-0.25, -0.2) is 4.90 Å². The Labute approximate surface area is 185 Å². The monoisotopic (exact) mass is 461 g/mol. The van der Waals surface area contributed by atoms with Crippen LogP contribution in [0.15, 0.2) is 48.7 Å². The second-order valence-electron chi connectivity index (χ2n) is 7.91. The van der Waals surface area contributed by atoms with E-state index in [2.05, 4.69) is 0 Å². The van der Waals surface area contributed by atoms with E-state index in [1.54, 1.807) is 29.3 Å². The van der Waals surface area contributed by atoms with Gasteiger partial charge in [-0.2, -0.15) is 13.2 Å². The van der Waals surface area contributed by atoms with Gasteiger partial charge in [-0.1, -0.05) is 35.9 Å². The zero-order valence-electron chi connectivity index (χ0n) is 16.2. The molecule has 4 atom stereocenters. The van der Waals surface area contributed by atoms with E-state index in [4.69, 9.17) is 17.3 Å². The lowest BCUT2D eigenvalue weighted by Crippen LogP contribution is -2.46. The van der Waals surface area contributed by atoms with Gasteiger partial charge in [-0.15, -0.1) is 0 Å². The van der Waals surface area contributed by atoms with Crippen molar-refractivity contribution in [2.45, 2.75) is 18.3 Å². The number of benzene rings is 2. The van der Waals surface area contributed by atoms with Crippen LogP contribution < -0.4 is 10.6 Å². The largest absolute Gasteiger partial charge is 0.417 e. The molecule has 0 spiro atoms. The molecule has 0 aliphatic carbocycles. The van der Waals surface area contributed by atoms with E-state index in [0.29, 0.717) is 6.07 Å². The molecule has 6 nitrogen and oxygen atoms in total. The molecule has 0 saturated carbocycles. The summed E-state index contributed by atoms with van der Waals surface area (Å²) in [5.74, 6) is -4.33. The number of imide groups is 1. The fourth-order valence-corrected chi connectivity index (χ4v) is 5.23. The van der Waals surface area contributed by atoms with Gasteiger partial charge in [0.15, 0.2) is 0 Å². The number of nitrogens with two attached hydrogens (primary N) is 1. The highest BCUT2D eigenvalue weighted by Crippen LogP contribution is 2.53. The number of anilines is 1. The van der Waals surface area contributed by atoms with Crippen molar-refractivity contribution in [1.82, 2.24) is 4.90 Å². The Kier molecular flexibility index (Phi) is 4.39. The van der Waals surface area contributed by atoms with Crippen molar-refractivity contribution in [3.8, 4) is 0 Å². The van der Waals surface area contributed by atoms with Crippen LogP contribution in [-0.4, -0.2) is 28.7 Å². The molecule has 2 aromatic carbocycles. The third-order valence-corrected chi connectivity index (χ3v) is 6.60. The summed E-state index contributed by atoms with van der Waals surface area (Å²) >= 11 is 5.68. The molecule has 0 bridgehead atoms. The summed E-state index contributed by atoms with van der Waals surface area (Å²) in [4.78, 5) is 41.5. The Morgan fingerprint density at radius 2 is 1.72 bits per heavy atom. The molecule has 2 fully saturated rings. The summed E-state index contributed by atoms with van der Waals surface area (Å²) < 4.78 is 40.0. The average molecular weight is 462 g/mol. The number of primary amides is 1. The first kappa shape index (κ1) is 20.6. The minimum Gasteiger partial charge on any atom is -0.368 e. The van der Waals surface area contributed by atoms with Crippen LogP contribution in [0.3, 0.4) is 0 Å². The summed E-state index contributed by atoms with van der Waals surface area (Å²) in [6.07, 6.45) is -1.37. The molecule has 3 aliphatic heterocycles. The fraction of sp³-hybridized carbons (Fsp3) is 0.227. The Morgan fingerprint density at radius 1 is 1.03 bits per heavy atom. The minimum atomic E-state index is -4.77. The topological polar surface area (TPSA) is 83.7 Å². The highest BCUT2D eigenvalue weighted by molar-refractivity contribution is 6.31. The van der Waals surface area contributed by atoms with E-state index in [1.807, 2.05) is 12.1 Å². The van der Waals surface area contributed by atoms with Crippen molar-refractivity contribution in [3.63, 3.8) is 0 Å². The average Bonchev–Trinajstić information content (AvgIpc) is 3.21. The lowest BCUT2D eigenvalue weighted by molar-refractivity contribution is -0.137. The van der Waals surface area contributed by atoms with Crippen LogP contribution in [0.1, 0.15) is 22.7 Å². The smallest absolute Gasteiger partial charge is 0.368 e. The van der Waals surface area contributed by atoms with Gasteiger partial charge in [0.1, 0.15) is 6.04 Å². The predicted octanol–water partition coefficient (Wildman–Crippen LogP) is 3.36. The number of halogens is 4. The van der Waals surface area contributed by atoms with Crippen molar-refractivity contribution >= 4 is 41.1 Å². The second-order valence-corrected chi connectivity index (χ2v) is 8.32. The third kappa shape index (κ3) is 2.77. The molecule has 32 heavy (non-hydrogen) atoms. The number of nitrogens with zero attached hydrogens (tertiary/aromatic N) is 2. The van der Waals surface area contributed by atoms with Gasteiger partial charge in [0.05, 0.1) is 34.2 Å². The Balaban J connectivity index is 1.63. The highest BCUT2D eigenvalue weighted by Gasteiger charge is 2.64. The van der Waals surface area contributed by atoms with Gasteiger partial charge in [0, 0.05) is 6.20 Å². The molecule has 10 heteroatoms. The van der Waals surface area contributed by atoms with E-state index in [0.717, 1.165) is 22.1 Å². The van der Waals surface area contributed by atoms with Crippen molar-refractivity contribution in [2.75, 3.05) is 4.90 Å². The number of hydrogen-bond donors (Lipinski definition) is 1. The van der Waals surface area contributed by atoms with Crippen LogP contribution in [0, 0.1) is 11.8 Å². The summed E-state index contributed by atoms with van der Waals surface area (Å²) in [6, 6.07) is 8.31. The molecule has 2 aromatic rings. The Hall–Kier alpha value is -3.33. The SMILES string of the molecule is NC(=O)C1C2C(=O)N(c3ccc(Cl)c(C(F)(F)F)c3)C(=O)C2C2c3ccccc3C=CN12. The quantitative estimate of drug-likeness (QED) is 0.695. The molecule has 0 aromatic heterocycles. The zero-order chi connectivity index (χ0) is 22.9. The first-order valence-corrected chi connectivity index (χ1v) is 10.1. The maximum absolute atomic E-state index is 13.5. The maximum atomic E-state index is 13.5. The van der Waals surface area contributed by atoms with Crippen LogP contribution in [0.5, 0.6) is 0 Å². The molecule has 3 amide bonds. The Bertz CT molecular complexity index is 1210. The summed E-state index contributed by atoms with van der Waals surface area (Å²) in [7, 11) is 0. The minimum absolute atomic E-state index is 0.250. The lowest BCUT2D eigenvalue weighted by atomic mass is 9.84. The van der Waals surface area contributed by atoms with Crippen LogP contribution >= 0.6 is 11.6 Å². The van der Waals surface area contributed by atoms with Gasteiger partial charge < -0.3 is 10.6 Å². The molecule has 5 rings (SSSR count). The molecule has 2 saturated heterocycles. The highest BCUT2D eigenvalue weighted by atomic mass is 35.5. The van der Waals surface area contributed by atoms with Crippen molar-refractivity contribution in [3.05, 3.63) is 70.4 Å². The molecule has 4 unspecified atom stereocenters. The van der Waals surface area contributed by atoms with Crippen molar-refractivity contribution in [2.24, 2.45) is 17.6 Å². The van der Waals surface area contributed by atoms with Crippen molar-refractivity contribution in [1.29, 1.82) is 0 Å². The van der Waals surface area contributed by atoms with Gasteiger partial charge in [-0.3, -0.25) is 14.4 Å². The van der Waals surface area contributed by atoms with E-state index in [1.165, 1.54) is 6.07 Å². The van der Waals surface area contributed by atoms with Gasteiger partial charge in [0.2, 0.25) is 17.7 Å². The van der Waals surface area contributed by atoms with E-state index >= 15 is 0 Å². The maximum Gasteiger partial charge on any atom is 0.417 e. The molecule has 2 N–H and O–H groups in total. The number of hydrogen-bond acceptors (Lipinski definition) is 4. The Morgan fingerprint density at radius 3 is 2.41 bits per heavy atom.